The van der Waals surface area contributed by atoms with Crippen LogP contribution in [0.15, 0.2) is 23.0 Å². The molecule has 5 N–H and O–H groups in total. The van der Waals surface area contributed by atoms with E-state index in [0.717, 1.165) is 17.6 Å². The van der Waals surface area contributed by atoms with E-state index in [1.165, 1.54) is 4.90 Å². The SMILES string of the molecule is C[C@H](Nc1nc(N)nc(N)c1C#N)c1nc2cccc(Cl)c2c(=O)n1OC(=O)N1CCCC1. The molecule has 1 saturated heterocycles. The number of hydrogen-bond donors (Lipinski definition) is 3. The summed E-state index contributed by atoms with van der Waals surface area (Å²) < 4.78 is 0.812. The van der Waals surface area contributed by atoms with Crippen molar-refractivity contribution in [2.45, 2.75) is 25.8 Å². The molecule has 0 aliphatic carbocycles. The molecular formula is C20H20ClN9O3. The molecule has 1 aromatic carbocycles. The van der Waals surface area contributed by atoms with Gasteiger partial charge in [0.2, 0.25) is 5.95 Å². The standard InChI is InChI=1S/C20H20ClN9O3/c1-10(25-16-11(9-22)15(23)27-19(24)28-16)17-26-13-6-4-5-12(21)14(13)18(31)30(17)33-20(32)29-7-2-3-8-29/h4-6,10H,2-3,7-8H2,1H3,(H5,23,24,25,27,28)/t10-/m0/s1. The zero-order valence-electron chi connectivity index (χ0n) is 17.6. The molecule has 33 heavy (non-hydrogen) atoms. The first kappa shape index (κ1) is 22.1. The van der Waals surface area contributed by atoms with Crippen LogP contribution < -0.4 is 27.2 Å². The minimum Gasteiger partial charge on any atom is -0.382 e. The number of carbonyl (C=O) groups is 1. The van der Waals surface area contributed by atoms with E-state index >= 15 is 0 Å². The monoisotopic (exact) mass is 469 g/mol. The van der Waals surface area contributed by atoms with Crippen LogP contribution in [0.1, 0.15) is 37.2 Å². The van der Waals surface area contributed by atoms with Crippen LogP contribution in [0.5, 0.6) is 0 Å². The average Bonchev–Trinajstić information content (AvgIpc) is 3.30. The molecule has 3 aromatic rings. The quantitative estimate of drug-likeness (QED) is 0.509. The van der Waals surface area contributed by atoms with E-state index in [0.29, 0.717) is 18.6 Å². The normalized spacial score (nSPS) is 14.2. The number of benzene rings is 1. The summed E-state index contributed by atoms with van der Waals surface area (Å²) >= 11 is 6.23. The number of amides is 1. The fourth-order valence-electron chi connectivity index (χ4n) is 3.57. The highest BCUT2D eigenvalue weighted by Crippen LogP contribution is 2.25. The van der Waals surface area contributed by atoms with Crippen molar-refractivity contribution >= 4 is 46.2 Å². The number of rotatable bonds is 4. The molecule has 0 radical (unpaired) electrons. The molecule has 0 spiro atoms. The first-order chi connectivity index (χ1) is 15.8. The number of fused-ring (bicyclic) bond motifs is 1. The van der Waals surface area contributed by atoms with Crippen LogP contribution in [-0.2, 0) is 0 Å². The van der Waals surface area contributed by atoms with Gasteiger partial charge >= 0.3 is 6.09 Å². The van der Waals surface area contributed by atoms with E-state index in [-0.39, 0.29) is 39.4 Å². The largest absolute Gasteiger partial charge is 0.434 e. The van der Waals surface area contributed by atoms with Crippen molar-refractivity contribution in [2.24, 2.45) is 0 Å². The first-order valence-corrected chi connectivity index (χ1v) is 10.5. The van der Waals surface area contributed by atoms with Crippen molar-refractivity contribution in [3.05, 3.63) is 45.0 Å². The summed E-state index contributed by atoms with van der Waals surface area (Å²) in [5.74, 6) is -0.136. The highest BCUT2D eigenvalue weighted by molar-refractivity contribution is 6.35. The van der Waals surface area contributed by atoms with E-state index in [2.05, 4.69) is 20.3 Å². The molecule has 4 rings (SSSR count). The van der Waals surface area contributed by atoms with Crippen molar-refractivity contribution in [2.75, 3.05) is 29.9 Å². The van der Waals surface area contributed by atoms with Crippen LogP contribution in [0.4, 0.5) is 22.4 Å². The molecule has 3 heterocycles. The van der Waals surface area contributed by atoms with Crippen LogP contribution in [-0.4, -0.2) is 43.8 Å². The summed E-state index contributed by atoms with van der Waals surface area (Å²) in [5, 5.41) is 12.7. The van der Waals surface area contributed by atoms with Gasteiger partial charge in [-0.15, -0.1) is 4.73 Å². The van der Waals surface area contributed by atoms with Gasteiger partial charge in [-0.3, -0.25) is 4.79 Å². The van der Waals surface area contributed by atoms with Crippen molar-refractivity contribution in [3.8, 4) is 6.07 Å². The minimum absolute atomic E-state index is 0.0251. The average molecular weight is 470 g/mol. The van der Waals surface area contributed by atoms with Crippen LogP contribution in [0.25, 0.3) is 10.9 Å². The summed E-state index contributed by atoms with van der Waals surface area (Å²) in [6.07, 6.45) is 1.03. The summed E-state index contributed by atoms with van der Waals surface area (Å²) in [4.78, 5) is 45.3. The van der Waals surface area contributed by atoms with Gasteiger partial charge in [-0.2, -0.15) is 15.2 Å². The van der Waals surface area contributed by atoms with Gasteiger partial charge in [0.15, 0.2) is 11.6 Å². The lowest BCUT2D eigenvalue weighted by Gasteiger charge is -2.21. The third-order valence-corrected chi connectivity index (χ3v) is 5.49. The third kappa shape index (κ3) is 4.18. The maximum atomic E-state index is 13.3. The topological polar surface area (TPSA) is 178 Å². The summed E-state index contributed by atoms with van der Waals surface area (Å²) in [5.41, 5.74) is 11.1. The molecule has 1 amide bonds. The minimum atomic E-state index is -0.770. The number of nitriles is 1. The van der Waals surface area contributed by atoms with Crippen molar-refractivity contribution < 1.29 is 9.63 Å². The Morgan fingerprint density at radius 3 is 2.70 bits per heavy atom. The highest BCUT2D eigenvalue weighted by atomic mass is 35.5. The van der Waals surface area contributed by atoms with Gasteiger partial charge in [-0.05, 0) is 31.9 Å². The maximum absolute atomic E-state index is 13.3. The number of nitrogen functional groups attached to an aromatic ring is 2. The molecule has 1 fully saturated rings. The van der Waals surface area contributed by atoms with E-state index < -0.39 is 17.7 Å². The molecule has 0 bridgehead atoms. The van der Waals surface area contributed by atoms with Crippen molar-refractivity contribution in [3.63, 3.8) is 0 Å². The fraction of sp³-hybridized carbons (Fsp3) is 0.300. The Kier molecular flexibility index (Phi) is 5.89. The molecule has 0 saturated carbocycles. The lowest BCUT2D eigenvalue weighted by molar-refractivity contribution is 0.0904. The van der Waals surface area contributed by atoms with Gasteiger partial charge in [0.25, 0.3) is 5.56 Å². The number of nitrogens with two attached hydrogens (primary N) is 2. The van der Waals surface area contributed by atoms with E-state index in [1.807, 2.05) is 6.07 Å². The number of nitrogens with zero attached hydrogens (tertiary/aromatic N) is 6. The van der Waals surface area contributed by atoms with Crippen molar-refractivity contribution in [1.82, 2.24) is 24.6 Å². The number of nitrogens with one attached hydrogen (secondary N) is 1. The van der Waals surface area contributed by atoms with Crippen LogP contribution >= 0.6 is 11.6 Å². The second kappa shape index (κ2) is 8.79. The van der Waals surface area contributed by atoms with Crippen LogP contribution in [0, 0.1) is 11.3 Å². The Balaban J connectivity index is 1.81. The van der Waals surface area contributed by atoms with E-state index in [9.17, 15) is 14.9 Å². The maximum Gasteiger partial charge on any atom is 0.434 e. The lowest BCUT2D eigenvalue weighted by Crippen LogP contribution is -2.41. The fourth-order valence-corrected chi connectivity index (χ4v) is 3.82. The Morgan fingerprint density at radius 1 is 1.27 bits per heavy atom. The smallest absolute Gasteiger partial charge is 0.382 e. The molecule has 1 aliphatic rings. The van der Waals surface area contributed by atoms with E-state index in [1.54, 1.807) is 25.1 Å². The summed E-state index contributed by atoms with van der Waals surface area (Å²) in [6.45, 7) is 2.71. The Labute approximate surface area is 192 Å². The third-order valence-electron chi connectivity index (χ3n) is 5.17. The molecule has 0 unspecified atom stereocenters. The van der Waals surface area contributed by atoms with Gasteiger partial charge in [-0.25, -0.2) is 9.78 Å². The Bertz CT molecular complexity index is 1350. The van der Waals surface area contributed by atoms with Crippen LogP contribution in [0.2, 0.25) is 5.02 Å². The number of aromatic nitrogens is 4. The Hall–Kier alpha value is -4.11. The second-order valence-corrected chi connectivity index (χ2v) is 7.83. The number of carbonyl (C=O) groups excluding carboxylic acids is 1. The molecule has 12 nitrogen and oxygen atoms in total. The summed E-state index contributed by atoms with van der Waals surface area (Å²) in [6, 6.07) is 5.96. The van der Waals surface area contributed by atoms with Crippen LogP contribution in [0.3, 0.4) is 0 Å². The summed E-state index contributed by atoms with van der Waals surface area (Å²) in [7, 11) is 0. The second-order valence-electron chi connectivity index (χ2n) is 7.42. The predicted molar refractivity (Wildman–Crippen MR) is 121 cm³/mol. The lowest BCUT2D eigenvalue weighted by atomic mass is 10.2. The predicted octanol–water partition coefficient (Wildman–Crippen LogP) is 1.69. The van der Waals surface area contributed by atoms with Gasteiger partial charge in [0.05, 0.1) is 22.0 Å². The highest BCUT2D eigenvalue weighted by Gasteiger charge is 2.26. The number of halogens is 1. The van der Waals surface area contributed by atoms with Gasteiger partial charge in [0, 0.05) is 13.1 Å². The molecule has 170 valence electrons. The van der Waals surface area contributed by atoms with Crippen molar-refractivity contribution in [1.29, 1.82) is 5.26 Å². The zero-order chi connectivity index (χ0) is 23.7. The van der Waals surface area contributed by atoms with Gasteiger partial charge in [0.1, 0.15) is 17.5 Å². The molecular weight excluding hydrogens is 450 g/mol. The number of likely N-dealkylation sites (tertiary alicyclic amines) is 1. The number of hydrogen-bond acceptors (Lipinski definition) is 10. The van der Waals surface area contributed by atoms with E-state index in [4.69, 9.17) is 27.9 Å². The molecule has 2 aromatic heterocycles. The van der Waals surface area contributed by atoms with Gasteiger partial charge in [-0.1, -0.05) is 17.7 Å². The first-order valence-electron chi connectivity index (χ1n) is 10.1. The molecule has 1 atom stereocenters. The molecule has 13 heteroatoms. The number of anilines is 3. The zero-order valence-corrected chi connectivity index (χ0v) is 18.3. The molecule has 1 aliphatic heterocycles. The van der Waals surface area contributed by atoms with Gasteiger partial charge < -0.3 is 26.5 Å². The Morgan fingerprint density at radius 2 is 2.00 bits per heavy atom.